The van der Waals surface area contributed by atoms with Crippen LogP contribution in [0.15, 0.2) is 24.3 Å². The molecule has 15 heavy (non-hydrogen) atoms. The van der Waals surface area contributed by atoms with E-state index in [0.29, 0.717) is 0 Å². The zero-order chi connectivity index (χ0) is 10.4. The van der Waals surface area contributed by atoms with Crippen LogP contribution in [0.5, 0.6) is 0 Å². The molecule has 0 radical (unpaired) electrons. The van der Waals surface area contributed by atoms with Crippen molar-refractivity contribution < 1.29 is 0 Å². The lowest BCUT2D eigenvalue weighted by atomic mass is 10.1. The van der Waals surface area contributed by atoms with Crippen LogP contribution in [0, 0.1) is 0 Å². The summed E-state index contributed by atoms with van der Waals surface area (Å²) in [5.74, 6) is 0. The molecule has 0 atom stereocenters. The van der Waals surface area contributed by atoms with Crippen molar-refractivity contribution in [2.75, 3.05) is 0 Å². The Kier molecular flexibility index (Phi) is 1.60. The van der Waals surface area contributed by atoms with Crippen LogP contribution in [-0.4, -0.2) is 0 Å². The maximum absolute atomic E-state index is 4.06. The highest BCUT2D eigenvalue weighted by molar-refractivity contribution is 5.84. The third-order valence-corrected chi connectivity index (χ3v) is 3.08. The van der Waals surface area contributed by atoms with E-state index in [-0.39, 0.29) is 0 Å². The van der Waals surface area contributed by atoms with E-state index in [1.54, 1.807) is 0 Å². The first-order valence-corrected chi connectivity index (χ1v) is 5.17. The van der Waals surface area contributed by atoms with Crippen LogP contribution in [0.1, 0.15) is 6.42 Å². The summed E-state index contributed by atoms with van der Waals surface area (Å²) in [5.41, 5.74) is 0. The molecule has 0 amide bonds. The first-order chi connectivity index (χ1) is 7.25. The minimum Gasteiger partial charge on any atom is -0.0911 e. The monoisotopic (exact) mass is 192 g/mol. The fourth-order valence-corrected chi connectivity index (χ4v) is 2.21. The number of rotatable bonds is 0. The van der Waals surface area contributed by atoms with E-state index in [2.05, 4.69) is 37.4 Å². The van der Waals surface area contributed by atoms with E-state index in [9.17, 15) is 0 Å². The van der Waals surface area contributed by atoms with Gasteiger partial charge in [-0.1, -0.05) is 37.4 Å². The quantitative estimate of drug-likeness (QED) is 0.574. The Balaban J connectivity index is 2.72. The molecule has 0 unspecified atom stereocenters. The minimum atomic E-state index is 1.05. The normalized spacial score (nSPS) is 13.3. The standard InChI is InChI=1S/C15H12/c1-10-6-7-11(2)15-9-13-5-3-4-12(13)8-14(10)15/h4-9H,1-3H2. The highest BCUT2D eigenvalue weighted by Crippen LogP contribution is 2.00. The van der Waals surface area contributed by atoms with E-state index < -0.39 is 0 Å². The summed E-state index contributed by atoms with van der Waals surface area (Å²) in [5, 5.41) is 7.29. The predicted octanol–water partition coefficient (Wildman–Crippen LogP) is 0.625. The average molecular weight is 192 g/mol. The van der Waals surface area contributed by atoms with Gasteiger partial charge in [0.1, 0.15) is 0 Å². The second kappa shape index (κ2) is 2.83. The fourth-order valence-electron chi connectivity index (χ4n) is 2.21. The maximum atomic E-state index is 4.06. The van der Waals surface area contributed by atoms with Crippen molar-refractivity contribution in [1.82, 2.24) is 0 Å². The summed E-state index contributed by atoms with van der Waals surface area (Å²) >= 11 is 0. The molecular formula is C15H12. The van der Waals surface area contributed by atoms with Crippen molar-refractivity contribution in [3.05, 3.63) is 45.1 Å². The van der Waals surface area contributed by atoms with Gasteiger partial charge in [0.05, 0.1) is 0 Å². The van der Waals surface area contributed by atoms with Crippen LogP contribution in [0.2, 0.25) is 0 Å². The molecule has 0 nitrogen and oxygen atoms in total. The van der Waals surface area contributed by atoms with Crippen LogP contribution in [0.4, 0.5) is 0 Å². The third kappa shape index (κ3) is 1.15. The van der Waals surface area contributed by atoms with Gasteiger partial charge in [-0.2, -0.15) is 0 Å². The molecule has 72 valence electrons. The lowest BCUT2D eigenvalue weighted by Crippen LogP contribution is -2.24. The van der Waals surface area contributed by atoms with Crippen LogP contribution in [0.3, 0.4) is 0 Å². The van der Waals surface area contributed by atoms with Crippen molar-refractivity contribution in [2.24, 2.45) is 0 Å². The van der Waals surface area contributed by atoms with Gasteiger partial charge in [0, 0.05) is 0 Å². The molecule has 0 aromatic heterocycles. The third-order valence-electron chi connectivity index (χ3n) is 3.08. The van der Waals surface area contributed by atoms with Crippen molar-refractivity contribution in [3.8, 4) is 0 Å². The van der Waals surface area contributed by atoms with E-state index in [1.807, 2.05) is 12.1 Å². The molecule has 1 aliphatic rings. The molecule has 0 aliphatic heterocycles. The highest BCUT2D eigenvalue weighted by atomic mass is 14.0. The lowest BCUT2D eigenvalue weighted by Gasteiger charge is -1.99. The van der Waals surface area contributed by atoms with E-state index in [1.165, 1.54) is 21.2 Å². The smallest absolute Gasteiger partial charge is 0.0105 e. The molecule has 2 aromatic carbocycles. The second-order valence-electron chi connectivity index (χ2n) is 4.05. The zero-order valence-electron chi connectivity index (χ0n) is 8.59. The summed E-state index contributed by atoms with van der Waals surface area (Å²) < 4.78 is 0. The van der Waals surface area contributed by atoms with Crippen molar-refractivity contribution in [1.29, 1.82) is 0 Å². The SMILES string of the molecule is C=c1ccc(=C)c2cc3c(cc12)=CCC=3. The summed E-state index contributed by atoms with van der Waals surface area (Å²) in [4.78, 5) is 0. The Morgan fingerprint density at radius 3 is 1.73 bits per heavy atom. The van der Waals surface area contributed by atoms with Gasteiger partial charge in [-0.3, -0.25) is 0 Å². The van der Waals surface area contributed by atoms with Gasteiger partial charge in [0.2, 0.25) is 0 Å². The van der Waals surface area contributed by atoms with Gasteiger partial charge in [0.25, 0.3) is 0 Å². The molecule has 0 spiro atoms. The number of benzene rings is 2. The largest absolute Gasteiger partial charge is 0.0911 e. The first-order valence-electron chi connectivity index (χ1n) is 5.17. The van der Waals surface area contributed by atoms with Crippen molar-refractivity contribution >= 4 is 36.1 Å². The van der Waals surface area contributed by atoms with Crippen LogP contribution in [-0.2, 0) is 0 Å². The molecular weight excluding hydrogens is 180 g/mol. The Labute approximate surface area is 88.2 Å². The number of hydrogen-bond acceptors (Lipinski definition) is 0. The molecule has 0 N–H and O–H groups in total. The number of hydrogen-bond donors (Lipinski definition) is 0. The molecule has 3 rings (SSSR count). The first kappa shape index (κ1) is 8.49. The molecule has 0 saturated carbocycles. The summed E-state index contributed by atoms with van der Waals surface area (Å²) in [6, 6.07) is 8.53. The van der Waals surface area contributed by atoms with Gasteiger partial charge in [0.15, 0.2) is 0 Å². The summed E-state index contributed by atoms with van der Waals surface area (Å²) in [6.07, 6.45) is 5.55. The van der Waals surface area contributed by atoms with Crippen LogP contribution < -0.4 is 20.9 Å². The van der Waals surface area contributed by atoms with Crippen LogP contribution >= 0.6 is 0 Å². The Hall–Kier alpha value is -1.82. The zero-order valence-corrected chi connectivity index (χ0v) is 8.59. The second-order valence-corrected chi connectivity index (χ2v) is 4.05. The summed E-state index contributed by atoms with van der Waals surface area (Å²) in [7, 11) is 0. The van der Waals surface area contributed by atoms with Gasteiger partial charge < -0.3 is 0 Å². The Bertz CT molecular complexity index is 698. The lowest BCUT2D eigenvalue weighted by molar-refractivity contribution is 1.56. The molecule has 0 fully saturated rings. The molecule has 0 saturated heterocycles. The Morgan fingerprint density at radius 2 is 1.27 bits per heavy atom. The van der Waals surface area contributed by atoms with E-state index >= 15 is 0 Å². The van der Waals surface area contributed by atoms with Gasteiger partial charge in [-0.25, -0.2) is 0 Å². The van der Waals surface area contributed by atoms with Crippen molar-refractivity contribution in [3.63, 3.8) is 0 Å². The van der Waals surface area contributed by atoms with Gasteiger partial charge >= 0.3 is 0 Å². The van der Waals surface area contributed by atoms with E-state index in [4.69, 9.17) is 0 Å². The molecule has 0 heterocycles. The predicted molar refractivity (Wildman–Crippen MR) is 67.0 cm³/mol. The fraction of sp³-hybridized carbons (Fsp3) is 0.0667. The average Bonchev–Trinajstić information content (AvgIpc) is 2.69. The van der Waals surface area contributed by atoms with Gasteiger partial charge in [-0.15, -0.1) is 0 Å². The Morgan fingerprint density at radius 1 is 0.800 bits per heavy atom. The maximum Gasteiger partial charge on any atom is -0.0105 e. The molecule has 0 bridgehead atoms. The topological polar surface area (TPSA) is 0 Å². The highest BCUT2D eigenvalue weighted by Gasteiger charge is 1.99. The molecule has 0 heteroatoms. The van der Waals surface area contributed by atoms with Crippen molar-refractivity contribution in [2.45, 2.75) is 6.42 Å². The minimum absolute atomic E-state index is 1.05. The van der Waals surface area contributed by atoms with Crippen LogP contribution in [0.25, 0.3) is 36.1 Å². The molecule has 2 aromatic rings. The van der Waals surface area contributed by atoms with E-state index in [0.717, 1.165) is 16.9 Å². The molecule has 1 aliphatic carbocycles. The van der Waals surface area contributed by atoms with Gasteiger partial charge in [-0.05, 0) is 50.2 Å². The number of fused-ring (bicyclic) bond motifs is 2. The summed E-state index contributed by atoms with van der Waals surface area (Å²) in [6.45, 7) is 8.13.